The number of rotatable bonds is 3. The minimum absolute atomic E-state index is 0.286. The van der Waals surface area contributed by atoms with Crippen LogP contribution in [0.3, 0.4) is 0 Å². The minimum Gasteiger partial charge on any atom is -0.323 e. The smallest absolute Gasteiger partial charge is 0.266 e. The Bertz CT molecular complexity index is 257. The van der Waals surface area contributed by atoms with Gasteiger partial charge in [0.05, 0.1) is 6.04 Å². The van der Waals surface area contributed by atoms with Gasteiger partial charge in [0.25, 0.3) is 5.92 Å². The van der Waals surface area contributed by atoms with E-state index in [0.29, 0.717) is 5.56 Å². The molecule has 1 aromatic rings. The lowest BCUT2D eigenvalue weighted by molar-refractivity contribution is -0.0190. The van der Waals surface area contributed by atoms with Crippen LogP contribution in [0, 0.1) is 0 Å². The molecule has 1 aromatic carbocycles. The van der Waals surface area contributed by atoms with Crippen LogP contribution in [0.4, 0.5) is 8.78 Å². The maximum atomic E-state index is 13.1. The van der Waals surface area contributed by atoms with Crippen molar-refractivity contribution in [2.24, 2.45) is 5.73 Å². The molecule has 0 fully saturated rings. The normalized spacial score (nSPS) is 14.2. The van der Waals surface area contributed by atoms with Gasteiger partial charge in [-0.2, -0.15) is 0 Å². The van der Waals surface area contributed by atoms with Gasteiger partial charge in [0, 0.05) is 6.42 Å². The van der Waals surface area contributed by atoms with Crippen molar-refractivity contribution in [3.63, 3.8) is 0 Å². The van der Waals surface area contributed by atoms with Crippen molar-refractivity contribution in [1.29, 1.82) is 0 Å². The van der Waals surface area contributed by atoms with Crippen molar-refractivity contribution in [1.82, 2.24) is 0 Å². The average Bonchev–Trinajstić information content (AvgIpc) is 2.05. The number of hydrogen-bond donors (Lipinski definition) is 1. The number of nitrogens with two attached hydrogens (primary N) is 1. The molecule has 0 aliphatic heterocycles. The fraction of sp³-hybridized carbons (Fsp3) is 0.400. The zero-order valence-corrected chi connectivity index (χ0v) is 7.50. The van der Waals surface area contributed by atoms with Crippen LogP contribution in [0.15, 0.2) is 30.3 Å². The Hall–Kier alpha value is -0.960. The summed E-state index contributed by atoms with van der Waals surface area (Å²) in [6.45, 7) is 1.32. The molecule has 0 aromatic heterocycles. The third-order valence-electron chi connectivity index (χ3n) is 1.95. The maximum absolute atomic E-state index is 13.1. The first kappa shape index (κ1) is 10.1. The molecule has 13 heavy (non-hydrogen) atoms. The zero-order chi connectivity index (χ0) is 9.90. The molecule has 72 valence electrons. The first-order valence-corrected chi connectivity index (χ1v) is 4.20. The van der Waals surface area contributed by atoms with Crippen molar-refractivity contribution >= 4 is 0 Å². The third kappa shape index (κ3) is 2.77. The maximum Gasteiger partial charge on any atom is 0.266 e. The summed E-state index contributed by atoms with van der Waals surface area (Å²) in [5.41, 5.74) is 5.78. The highest BCUT2D eigenvalue weighted by molar-refractivity contribution is 5.16. The van der Waals surface area contributed by atoms with Crippen LogP contribution < -0.4 is 5.73 Å². The summed E-state index contributed by atoms with van der Waals surface area (Å²) in [6, 6.07) is 7.53. The zero-order valence-electron chi connectivity index (χ0n) is 7.50. The predicted octanol–water partition coefficient (Wildman–Crippen LogP) is 2.21. The van der Waals surface area contributed by atoms with Gasteiger partial charge in [0.1, 0.15) is 0 Å². The van der Waals surface area contributed by atoms with Crippen LogP contribution >= 0.6 is 0 Å². The van der Waals surface area contributed by atoms with E-state index >= 15 is 0 Å². The van der Waals surface area contributed by atoms with Gasteiger partial charge in [-0.1, -0.05) is 30.3 Å². The topological polar surface area (TPSA) is 26.0 Å². The van der Waals surface area contributed by atoms with E-state index in [1.54, 1.807) is 30.3 Å². The van der Waals surface area contributed by atoms with E-state index in [2.05, 4.69) is 0 Å². The summed E-state index contributed by atoms with van der Waals surface area (Å²) >= 11 is 0. The SMILES string of the molecule is CC(N)C(F)(F)Cc1ccccc1. The molecule has 0 radical (unpaired) electrons. The van der Waals surface area contributed by atoms with Gasteiger partial charge in [-0.25, -0.2) is 8.78 Å². The van der Waals surface area contributed by atoms with Crippen LogP contribution in [-0.2, 0) is 6.42 Å². The third-order valence-corrected chi connectivity index (χ3v) is 1.95. The molecule has 1 atom stereocenters. The van der Waals surface area contributed by atoms with Crippen molar-refractivity contribution in [3.8, 4) is 0 Å². The summed E-state index contributed by atoms with van der Waals surface area (Å²) in [6.07, 6.45) is -0.286. The quantitative estimate of drug-likeness (QED) is 0.767. The highest BCUT2D eigenvalue weighted by Gasteiger charge is 2.33. The monoisotopic (exact) mass is 185 g/mol. The molecule has 1 unspecified atom stereocenters. The summed E-state index contributed by atoms with van der Waals surface area (Å²) in [5, 5.41) is 0. The molecule has 0 aliphatic carbocycles. The molecule has 2 N–H and O–H groups in total. The van der Waals surface area contributed by atoms with Crippen LogP contribution in [0.1, 0.15) is 12.5 Å². The molecule has 3 heteroatoms. The van der Waals surface area contributed by atoms with E-state index in [1.165, 1.54) is 6.92 Å². The molecule has 0 saturated heterocycles. The largest absolute Gasteiger partial charge is 0.323 e. The standard InChI is InChI=1S/C10H13F2N/c1-8(13)10(11,12)7-9-5-3-2-4-6-9/h2-6,8H,7,13H2,1H3. The van der Waals surface area contributed by atoms with Gasteiger partial charge in [-0.05, 0) is 12.5 Å². The average molecular weight is 185 g/mol. The number of alkyl halides is 2. The van der Waals surface area contributed by atoms with Crippen LogP contribution in [0.25, 0.3) is 0 Å². The van der Waals surface area contributed by atoms with E-state index in [0.717, 1.165) is 0 Å². The van der Waals surface area contributed by atoms with Gasteiger partial charge in [0.2, 0.25) is 0 Å². The molecular weight excluding hydrogens is 172 g/mol. The van der Waals surface area contributed by atoms with E-state index in [1.807, 2.05) is 0 Å². The number of benzene rings is 1. The second kappa shape index (κ2) is 3.83. The molecule has 1 rings (SSSR count). The van der Waals surface area contributed by atoms with Crippen LogP contribution in [0.2, 0.25) is 0 Å². The molecule has 0 aliphatic rings. The fourth-order valence-electron chi connectivity index (χ4n) is 1.03. The highest BCUT2D eigenvalue weighted by Crippen LogP contribution is 2.22. The molecular formula is C10H13F2N. The van der Waals surface area contributed by atoms with Crippen molar-refractivity contribution < 1.29 is 8.78 Å². The first-order valence-electron chi connectivity index (χ1n) is 4.20. The highest BCUT2D eigenvalue weighted by atomic mass is 19.3. The molecule has 0 amide bonds. The van der Waals surface area contributed by atoms with Gasteiger partial charge in [0.15, 0.2) is 0 Å². The summed E-state index contributed by atoms with van der Waals surface area (Å²) < 4.78 is 26.2. The molecule has 0 spiro atoms. The Morgan fingerprint density at radius 3 is 2.31 bits per heavy atom. The Morgan fingerprint density at radius 2 is 1.85 bits per heavy atom. The van der Waals surface area contributed by atoms with E-state index in [9.17, 15) is 8.78 Å². The Morgan fingerprint density at radius 1 is 1.31 bits per heavy atom. The lowest BCUT2D eigenvalue weighted by Gasteiger charge is -2.19. The summed E-state index contributed by atoms with van der Waals surface area (Å²) in [7, 11) is 0. The molecule has 1 nitrogen and oxygen atoms in total. The summed E-state index contributed by atoms with van der Waals surface area (Å²) in [5.74, 6) is -2.82. The summed E-state index contributed by atoms with van der Waals surface area (Å²) in [4.78, 5) is 0. The Kier molecular flexibility index (Phi) is 2.98. The lowest BCUT2D eigenvalue weighted by atomic mass is 10.0. The van der Waals surface area contributed by atoms with Gasteiger partial charge in [-0.3, -0.25) is 0 Å². The van der Waals surface area contributed by atoms with Crippen molar-refractivity contribution in [2.45, 2.75) is 25.3 Å². The number of halogens is 2. The van der Waals surface area contributed by atoms with E-state index < -0.39 is 12.0 Å². The van der Waals surface area contributed by atoms with Gasteiger partial charge >= 0.3 is 0 Å². The van der Waals surface area contributed by atoms with E-state index in [4.69, 9.17) is 5.73 Å². The molecule has 0 saturated carbocycles. The van der Waals surface area contributed by atoms with Crippen molar-refractivity contribution in [3.05, 3.63) is 35.9 Å². The van der Waals surface area contributed by atoms with Gasteiger partial charge < -0.3 is 5.73 Å². The van der Waals surface area contributed by atoms with E-state index in [-0.39, 0.29) is 6.42 Å². The van der Waals surface area contributed by atoms with Crippen LogP contribution in [-0.4, -0.2) is 12.0 Å². The second-order valence-electron chi connectivity index (χ2n) is 3.21. The predicted molar refractivity (Wildman–Crippen MR) is 48.7 cm³/mol. The first-order chi connectivity index (χ1) is 6.02. The molecule has 0 heterocycles. The lowest BCUT2D eigenvalue weighted by Crippen LogP contribution is -2.39. The second-order valence-corrected chi connectivity index (χ2v) is 3.21. The minimum atomic E-state index is -2.82. The Labute approximate surface area is 76.6 Å². The van der Waals surface area contributed by atoms with Crippen molar-refractivity contribution in [2.75, 3.05) is 0 Å². The van der Waals surface area contributed by atoms with Crippen LogP contribution in [0.5, 0.6) is 0 Å². The number of hydrogen-bond acceptors (Lipinski definition) is 1. The molecule has 0 bridgehead atoms. The van der Waals surface area contributed by atoms with Gasteiger partial charge in [-0.15, -0.1) is 0 Å². The fourth-order valence-corrected chi connectivity index (χ4v) is 1.03. The Balaban J connectivity index is 2.69.